The highest BCUT2D eigenvalue weighted by molar-refractivity contribution is 6.37. The fraction of sp³-hybridized carbons (Fsp3) is 0.304. The number of nitrogens with zero attached hydrogens (tertiary/aromatic N) is 1. The Morgan fingerprint density at radius 3 is 2.28 bits per heavy atom. The molecule has 2 aromatic carbocycles. The van der Waals surface area contributed by atoms with Gasteiger partial charge in [0.25, 0.3) is 11.8 Å². The largest absolute Gasteiger partial charge is 0.496 e. The van der Waals surface area contributed by atoms with E-state index >= 15 is 0 Å². The first-order chi connectivity index (χ1) is 14.0. The molecule has 152 valence electrons. The zero-order chi connectivity index (χ0) is 21.0. The molecule has 0 unspecified atom stereocenters. The summed E-state index contributed by atoms with van der Waals surface area (Å²) in [5.41, 5.74) is 3.07. The second-order valence-corrected chi connectivity index (χ2v) is 7.11. The minimum atomic E-state index is -0.374. The van der Waals surface area contributed by atoms with Crippen LogP contribution in [0.5, 0.6) is 5.75 Å². The van der Waals surface area contributed by atoms with E-state index < -0.39 is 0 Å². The van der Waals surface area contributed by atoms with Crippen molar-refractivity contribution in [1.29, 1.82) is 0 Å². The van der Waals surface area contributed by atoms with Crippen LogP contribution in [0.3, 0.4) is 0 Å². The summed E-state index contributed by atoms with van der Waals surface area (Å²) in [6.45, 7) is 4.70. The Bertz CT molecular complexity index is 932. The molecule has 6 heteroatoms. The van der Waals surface area contributed by atoms with E-state index in [1.165, 1.54) is 17.6 Å². The molecule has 0 saturated carbocycles. The number of hydrogen-bond donors (Lipinski definition) is 1. The lowest BCUT2D eigenvalue weighted by Gasteiger charge is -2.15. The Hall–Kier alpha value is -3.12. The van der Waals surface area contributed by atoms with Crippen LogP contribution < -0.4 is 10.1 Å². The minimum Gasteiger partial charge on any atom is -0.496 e. The summed E-state index contributed by atoms with van der Waals surface area (Å²) in [6, 6.07) is 15.0. The van der Waals surface area contributed by atoms with Crippen LogP contribution in [0.15, 0.2) is 54.2 Å². The van der Waals surface area contributed by atoms with Gasteiger partial charge in [-0.3, -0.25) is 14.5 Å². The monoisotopic (exact) mass is 394 g/mol. The van der Waals surface area contributed by atoms with Gasteiger partial charge in [0.1, 0.15) is 11.4 Å². The van der Waals surface area contributed by atoms with Crippen molar-refractivity contribution in [2.45, 2.75) is 19.8 Å². The van der Waals surface area contributed by atoms with Crippen molar-refractivity contribution < 1.29 is 19.1 Å². The zero-order valence-electron chi connectivity index (χ0n) is 17.2. The molecule has 1 heterocycles. The van der Waals surface area contributed by atoms with Gasteiger partial charge in [0.05, 0.1) is 25.8 Å². The average Bonchev–Trinajstić information content (AvgIpc) is 2.96. The number of nitrogens with one attached hydrogen (secondary N) is 1. The third-order valence-electron chi connectivity index (χ3n) is 4.91. The molecule has 0 saturated heterocycles. The van der Waals surface area contributed by atoms with Crippen molar-refractivity contribution in [2.75, 3.05) is 32.7 Å². The molecule has 3 rings (SSSR count). The molecular weight excluding hydrogens is 368 g/mol. The molecule has 0 fully saturated rings. The second kappa shape index (κ2) is 8.92. The van der Waals surface area contributed by atoms with Crippen LogP contribution in [0.25, 0.3) is 5.57 Å². The Morgan fingerprint density at radius 2 is 1.66 bits per heavy atom. The number of hydrogen-bond acceptors (Lipinski definition) is 5. The summed E-state index contributed by atoms with van der Waals surface area (Å²) < 4.78 is 10.5. The molecule has 0 bridgehead atoms. The second-order valence-electron chi connectivity index (χ2n) is 7.11. The molecule has 29 heavy (non-hydrogen) atoms. The van der Waals surface area contributed by atoms with E-state index in [1.807, 2.05) is 36.4 Å². The van der Waals surface area contributed by atoms with E-state index in [9.17, 15) is 9.59 Å². The van der Waals surface area contributed by atoms with Gasteiger partial charge in [-0.15, -0.1) is 0 Å². The number of benzene rings is 2. The average molecular weight is 394 g/mol. The molecule has 0 atom stereocenters. The van der Waals surface area contributed by atoms with E-state index in [-0.39, 0.29) is 30.7 Å². The van der Waals surface area contributed by atoms with Crippen molar-refractivity contribution in [3.63, 3.8) is 0 Å². The number of rotatable bonds is 8. The predicted molar refractivity (Wildman–Crippen MR) is 113 cm³/mol. The third-order valence-corrected chi connectivity index (χ3v) is 4.91. The molecular formula is C23H26N2O4. The first-order valence-corrected chi connectivity index (χ1v) is 9.57. The van der Waals surface area contributed by atoms with E-state index in [0.29, 0.717) is 22.8 Å². The summed E-state index contributed by atoms with van der Waals surface area (Å²) >= 11 is 0. The third kappa shape index (κ3) is 4.17. The lowest BCUT2D eigenvalue weighted by Crippen LogP contribution is -2.35. The summed E-state index contributed by atoms with van der Waals surface area (Å²) in [4.78, 5) is 27.4. The zero-order valence-corrected chi connectivity index (χ0v) is 17.2. The highest BCUT2D eigenvalue weighted by Crippen LogP contribution is 2.35. The van der Waals surface area contributed by atoms with Crippen LogP contribution in [0.2, 0.25) is 0 Å². The lowest BCUT2D eigenvalue weighted by atomic mass is 10.0. The number of ether oxygens (including phenoxy) is 2. The van der Waals surface area contributed by atoms with Crippen LogP contribution >= 0.6 is 0 Å². The quantitative estimate of drug-likeness (QED) is 0.692. The highest BCUT2D eigenvalue weighted by Gasteiger charge is 2.39. The van der Waals surface area contributed by atoms with Crippen molar-refractivity contribution in [3.05, 3.63) is 65.4 Å². The van der Waals surface area contributed by atoms with Gasteiger partial charge in [-0.2, -0.15) is 0 Å². The maximum absolute atomic E-state index is 13.1. The summed E-state index contributed by atoms with van der Waals surface area (Å²) in [7, 11) is 3.08. The number of amides is 2. The molecule has 1 aliphatic rings. The van der Waals surface area contributed by atoms with Gasteiger partial charge in [0, 0.05) is 18.4 Å². The van der Waals surface area contributed by atoms with Crippen molar-refractivity contribution >= 4 is 23.1 Å². The van der Waals surface area contributed by atoms with Crippen LogP contribution in [0, 0.1) is 0 Å². The van der Waals surface area contributed by atoms with Gasteiger partial charge >= 0.3 is 0 Å². The van der Waals surface area contributed by atoms with Crippen LogP contribution in [0.4, 0.5) is 5.69 Å². The smallest absolute Gasteiger partial charge is 0.278 e. The number of carbonyl (C=O) groups excluding carboxylic acids is 2. The summed E-state index contributed by atoms with van der Waals surface area (Å²) in [5.74, 6) is 0.206. The fourth-order valence-corrected chi connectivity index (χ4v) is 3.27. The molecule has 2 amide bonds. The van der Waals surface area contributed by atoms with E-state index in [1.54, 1.807) is 19.2 Å². The van der Waals surface area contributed by atoms with Gasteiger partial charge in [-0.25, -0.2) is 0 Å². The van der Waals surface area contributed by atoms with Crippen molar-refractivity contribution in [2.24, 2.45) is 0 Å². The number of imide groups is 1. The van der Waals surface area contributed by atoms with Crippen LogP contribution in [-0.2, 0) is 14.3 Å². The Kier molecular flexibility index (Phi) is 6.34. The van der Waals surface area contributed by atoms with Gasteiger partial charge in [-0.05, 0) is 29.7 Å². The Balaban J connectivity index is 2.04. The van der Waals surface area contributed by atoms with Gasteiger partial charge in [0.15, 0.2) is 0 Å². The molecule has 0 radical (unpaired) electrons. The van der Waals surface area contributed by atoms with Gasteiger partial charge in [-0.1, -0.05) is 44.2 Å². The topological polar surface area (TPSA) is 67.9 Å². The normalized spacial score (nSPS) is 14.2. The SMILES string of the molecule is COCCN1C(=O)C(Nc2ccc(C(C)C)cc2)=C(c2ccccc2OC)C1=O. The maximum Gasteiger partial charge on any atom is 0.278 e. The number of carbonyl (C=O) groups is 2. The molecule has 0 aromatic heterocycles. The number of anilines is 1. The Labute approximate surface area is 171 Å². The van der Waals surface area contributed by atoms with Crippen molar-refractivity contribution in [1.82, 2.24) is 4.90 Å². The maximum atomic E-state index is 13.1. The molecule has 2 aromatic rings. The number of para-hydroxylation sites is 1. The Morgan fingerprint density at radius 1 is 0.966 bits per heavy atom. The predicted octanol–water partition coefficient (Wildman–Crippen LogP) is 3.66. The van der Waals surface area contributed by atoms with E-state index in [4.69, 9.17) is 9.47 Å². The fourth-order valence-electron chi connectivity index (χ4n) is 3.27. The summed E-state index contributed by atoms with van der Waals surface area (Å²) in [5, 5.41) is 3.16. The number of methoxy groups -OCH3 is 2. The molecule has 1 aliphatic heterocycles. The standard InChI is InChI=1S/C23H26N2O4/c1-15(2)16-9-11-17(12-10-16)24-21-20(18-7-5-6-8-19(18)29-4)22(26)25(23(21)27)13-14-28-3/h5-12,15,24H,13-14H2,1-4H3. The minimum absolute atomic E-state index is 0.185. The first-order valence-electron chi connectivity index (χ1n) is 9.57. The van der Waals surface area contributed by atoms with E-state index in [0.717, 1.165) is 5.69 Å². The molecule has 0 spiro atoms. The summed E-state index contributed by atoms with van der Waals surface area (Å²) in [6.07, 6.45) is 0. The molecule has 6 nitrogen and oxygen atoms in total. The lowest BCUT2D eigenvalue weighted by molar-refractivity contribution is -0.137. The van der Waals surface area contributed by atoms with Gasteiger partial charge in [0.2, 0.25) is 0 Å². The molecule has 1 N–H and O–H groups in total. The molecule has 0 aliphatic carbocycles. The highest BCUT2D eigenvalue weighted by atomic mass is 16.5. The van der Waals surface area contributed by atoms with E-state index in [2.05, 4.69) is 19.2 Å². The van der Waals surface area contributed by atoms with Gasteiger partial charge < -0.3 is 14.8 Å². The first kappa shape index (κ1) is 20.6. The van der Waals surface area contributed by atoms with Crippen LogP contribution in [0.1, 0.15) is 30.9 Å². The van der Waals surface area contributed by atoms with Crippen LogP contribution in [-0.4, -0.2) is 44.1 Å². The van der Waals surface area contributed by atoms with Crippen molar-refractivity contribution in [3.8, 4) is 5.75 Å².